The summed E-state index contributed by atoms with van der Waals surface area (Å²) in [5, 5.41) is 6.97. The standard InChI is InChI=1S/C14H21ClN4O2/c15-12-9-18-14(17-8-11-4-2-6-21-11)19-13(12)16-7-10-3-1-5-20-10/h9-11H,1-8H2,(H2,16,17,18,19). The molecule has 0 bridgehead atoms. The molecule has 21 heavy (non-hydrogen) atoms. The van der Waals surface area contributed by atoms with E-state index < -0.39 is 0 Å². The molecule has 1 aromatic rings. The lowest BCUT2D eigenvalue weighted by Crippen LogP contribution is -2.21. The zero-order chi connectivity index (χ0) is 14.5. The van der Waals surface area contributed by atoms with Crippen LogP contribution < -0.4 is 10.6 Å². The van der Waals surface area contributed by atoms with Gasteiger partial charge in [-0.15, -0.1) is 0 Å². The van der Waals surface area contributed by atoms with Crippen LogP contribution in [-0.2, 0) is 9.47 Å². The third-order valence-corrected chi connectivity index (χ3v) is 4.05. The minimum Gasteiger partial charge on any atom is -0.376 e. The maximum absolute atomic E-state index is 6.13. The van der Waals surface area contributed by atoms with Crippen LogP contribution >= 0.6 is 11.6 Å². The first kappa shape index (κ1) is 14.8. The van der Waals surface area contributed by atoms with Gasteiger partial charge >= 0.3 is 0 Å². The number of ether oxygens (including phenoxy) is 2. The lowest BCUT2D eigenvalue weighted by atomic mass is 10.2. The van der Waals surface area contributed by atoms with Crippen LogP contribution in [0, 0.1) is 0 Å². The first-order valence-corrected chi connectivity index (χ1v) is 7.92. The normalized spacial score (nSPS) is 25.2. The van der Waals surface area contributed by atoms with Gasteiger partial charge in [0.2, 0.25) is 5.95 Å². The summed E-state index contributed by atoms with van der Waals surface area (Å²) in [6.07, 6.45) is 6.54. The molecular weight excluding hydrogens is 292 g/mol. The number of rotatable bonds is 6. The molecule has 2 aliphatic heterocycles. The van der Waals surface area contributed by atoms with Gasteiger partial charge in [0.15, 0.2) is 5.82 Å². The van der Waals surface area contributed by atoms with Crippen molar-refractivity contribution in [2.45, 2.75) is 37.9 Å². The van der Waals surface area contributed by atoms with Crippen LogP contribution in [-0.4, -0.2) is 48.5 Å². The number of hydrogen-bond donors (Lipinski definition) is 2. The second kappa shape index (κ2) is 7.24. The number of nitrogens with one attached hydrogen (secondary N) is 2. The van der Waals surface area contributed by atoms with Crippen LogP contribution in [0.25, 0.3) is 0 Å². The number of anilines is 2. The van der Waals surface area contributed by atoms with Gasteiger partial charge in [0.25, 0.3) is 0 Å². The fourth-order valence-corrected chi connectivity index (χ4v) is 2.76. The Morgan fingerprint density at radius 2 is 1.76 bits per heavy atom. The highest BCUT2D eigenvalue weighted by atomic mass is 35.5. The van der Waals surface area contributed by atoms with E-state index in [2.05, 4.69) is 20.6 Å². The summed E-state index contributed by atoms with van der Waals surface area (Å²) in [5.74, 6) is 1.22. The summed E-state index contributed by atoms with van der Waals surface area (Å²) < 4.78 is 11.1. The van der Waals surface area contributed by atoms with Crippen molar-refractivity contribution in [1.29, 1.82) is 0 Å². The predicted molar refractivity (Wildman–Crippen MR) is 82.0 cm³/mol. The second-order valence-corrected chi connectivity index (χ2v) is 5.83. The van der Waals surface area contributed by atoms with Gasteiger partial charge in [-0.05, 0) is 25.7 Å². The van der Waals surface area contributed by atoms with Crippen molar-refractivity contribution in [3.63, 3.8) is 0 Å². The Morgan fingerprint density at radius 3 is 2.38 bits per heavy atom. The Balaban J connectivity index is 1.53. The van der Waals surface area contributed by atoms with Crippen LogP contribution in [0.1, 0.15) is 25.7 Å². The van der Waals surface area contributed by atoms with E-state index in [1.807, 2.05) is 0 Å². The Morgan fingerprint density at radius 1 is 1.10 bits per heavy atom. The molecule has 0 aromatic carbocycles. The molecule has 6 nitrogen and oxygen atoms in total. The summed E-state index contributed by atoms with van der Waals surface area (Å²) >= 11 is 6.13. The molecule has 0 amide bonds. The SMILES string of the molecule is Clc1cnc(NCC2CCCO2)nc1NCC1CCCO1. The van der Waals surface area contributed by atoms with Crippen molar-refractivity contribution >= 4 is 23.4 Å². The van der Waals surface area contributed by atoms with Crippen molar-refractivity contribution in [2.24, 2.45) is 0 Å². The molecule has 2 N–H and O–H groups in total. The summed E-state index contributed by atoms with van der Waals surface area (Å²) in [4.78, 5) is 8.62. The highest BCUT2D eigenvalue weighted by Crippen LogP contribution is 2.21. The molecule has 0 saturated carbocycles. The smallest absolute Gasteiger partial charge is 0.224 e. The molecule has 3 heterocycles. The highest BCUT2D eigenvalue weighted by molar-refractivity contribution is 6.32. The fraction of sp³-hybridized carbons (Fsp3) is 0.714. The lowest BCUT2D eigenvalue weighted by molar-refractivity contribution is 0.120. The third kappa shape index (κ3) is 4.18. The Hall–Kier alpha value is -1.11. The Labute approximate surface area is 129 Å². The monoisotopic (exact) mass is 312 g/mol. The maximum Gasteiger partial charge on any atom is 0.224 e. The van der Waals surface area contributed by atoms with E-state index in [1.165, 1.54) is 0 Å². The van der Waals surface area contributed by atoms with Crippen LogP contribution in [0.15, 0.2) is 6.20 Å². The van der Waals surface area contributed by atoms with E-state index in [9.17, 15) is 0 Å². The number of halogens is 1. The molecule has 2 aliphatic rings. The van der Waals surface area contributed by atoms with E-state index in [0.717, 1.165) is 52.0 Å². The second-order valence-electron chi connectivity index (χ2n) is 5.42. The van der Waals surface area contributed by atoms with Crippen molar-refractivity contribution in [3.8, 4) is 0 Å². The number of aromatic nitrogens is 2. The van der Waals surface area contributed by atoms with Gasteiger partial charge < -0.3 is 20.1 Å². The van der Waals surface area contributed by atoms with E-state index in [4.69, 9.17) is 21.1 Å². The number of hydrogen-bond acceptors (Lipinski definition) is 6. The third-order valence-electron chi connectivity index (χ3n) is 3.78. The minimum atomic E-state index is 0.249. The van der Waals surface area contributed by atoms with Crippen molar-refractivity contribution in [2.75, 3.05) is 36.9 Å². The molecule has 2 unspecified atom stereocenters. The van der Waals surface area contributed by atoms with Crippen molar-refractivity contribution < 1.29 is 9.47 Å². The molecule has 7 heteroatoms. The van der Waals surface area contributed by atoms with E-state index >= 15 is 0 Å². The van der Waals surface area contributed by atoms with Gasteiger partial charge in [-0.3, -0.25) is 0 Å². The van der Waals surface area contributed by atoms with E-state index in [-0.39, 0.29) is 12.2 Å². The molecule has 0 radical (unpaired) electrons. The lowest BCUT2D eigenvalue weighted by Gasteiger charge is -2.14. The maximum atomic E-state index is 6.13. The average molecular weight is 313 g/mol. The highest BCUT2D eigenvalue weighted by Gasteiger charge is 2.17. The minimum absolute atomic E-state index is 0.249. The van der Waals surface area contributed by atoms with Crippen LogP contribution in [0.3, 0.4) is 0 Å². The van der Waals surface area contributed by atoms with E-state index in [1.54, 1.807) is 6.20 Å². The number of nitrogens with zero attached hydrogens (tertiary/aromatic N) is 2. The average Bonchev–Trinajstić information content (AvgIpc) is 3.18. The van der Waals surface area contributed by atoms with Gasteiger partial charge in [0, 0.05) is 26.3 Å². The molecule has 0 aliphatic carbocycles. The largest absolute Gasteiger partial charge is 0.376 e. The fourth-order valence-electron chi connectivity index (χ4n) is 2.60. The Bertz CT molecular complexity index is 462. The van der Waals surface area contributed by atoms with Gasteiger partial charge in [-0.2, -0.15) is 4.98 Å². The van der Waals surface area contributed by atoms with Crippen molar-refractivity contribution in [3.05, 3.63) is 11.2 Å². The van der Waals surface area contributed by atoms with Gasteiger partial charge in [0.1, 0.15) is 5.02 Å². The molecule has 3 rings (SSSR count). The van der Waals surface area contributed by atoms with Crippen LogP contribution in [0.2, 0.25) is 5.02 Å². The predicted octanol–water partition coefficient (Wildman–Crippen LogP) is 2.31. The topological polar surface area (TPSA) is 68.3 Å². The first-order chi connectivity index (χ1) is 10.3. The summed E-state index contributed by atoms with van der Waals surface area (Å²) in [5.41, 5.74) is 0. The summed E-state index contributed by atoms with van der Waals surface area (Å²) in [6.45, 7) is 3.15. The molecule has 2 fully saturated rings. The van der Waals surface area contributed by atoms with Gasteiger partial charge in [-0.25, -0.2) is 4.98 Å². The van der Waals surface area contributed by atoms with Gasteiger partial charge in [0.05, 0.1) is 18.4 Å². The quantitative estimate of drug-likeness (QED) is 0.840. The molecule has 0 spiro atoms. The van der Waals surface area contributed by atoms with Crippen LogP contribution in [0.4, 0.5) is 11.8 Å². The molecule has 2 saturated heterocycles. The summed E-state index contributed by atoms with van der Waals surface area (Å²) in [7, 11) is 0. The first-order valence-electron chi connectivity index (χ1n) is 7.55. The zero-order valence-electron chi connectivity index (χ0n) is 12.0. The van der Waals surface area contributed by atoms with E-state index in [0.29, 0.717) is 16.8 Å². The summed E-state index contributed by atoms with van der Waals surface area (Å²) in [6, 6.07) is 0. The Kier molecular flexibility index (Phi) is 5.11. The van der Waals surface area contributed by atoms with Crippen LogP contribution in [0.5, 0.6) is 0 Å². The molecule has 1 aromatic heterocycles. The molecule has 116 valence electrons. The molecule has 2 atom stereocenters. The molecular formula is C14H21ClN4O2. The van der Waals surface area contributed by atoms with Crippen molar-refractivity contribution in [1.82, 2.24) is 9.97 Å². The van der Waals surface area contributed by atoms with Gasteiger partial charge in [-0.1, -0.05) is 11.6 Å². The zero-order valence-corrected chi connectivity index (χ0v) is 12.7.